The van der Waals surface area contributed by atoms with Gasteiger partial charge >= 0.3 is 0 Å². The minimum Gasteiger partial charge on any atom is -0.338 e. The summed E-state index contributed by atoms with van der Waals surface area (Å²) < 4.78 is 0. The Balaban J connectivity index is 1.77. The molecule has 2 fully saturated rings. The molecule has 3 atom stereocenters. The normalized spacial score (nSPS) is 27.3. The number of nitrogens with zero attached hydrogens (tertiary/aromatic N) is 3. The van der Waals surface area contributed by atoms with Crippen molar-refractivity contribution in [3.8, 4) is 0 Å². The van der Waals surface area contributed by atoms with Gasteiger partial charge < -0.3 is 4.90 Å². The fourth-order valence-electron chi connectivity index (χ4n) is 4.23. The van der Waals surface area contributed by atoms with Crippen LogP contribution in [0.25, 0.3) is 0 Å². The molecular formula is C18H27N3O. The van der Waals surface area contributed by atoms with Crippen LogP contribution in [-0.4, -0.2) is 45.9 Å². The summed E-state index contributed by atoms with van der Waals surface area (Å²) in [6.07, 6.45) is 9.19. The molecule has 1 aromatic rings. The highest BCUT2D eigenvalue weighted by Gasteiger charge is 2.40. The van der Waals surface area contributed by atoms with Gasteiger partial charge in [0, 0.05) is 43.5 Å². The van der Waals surface area contributed by atoms with Gasteiger partial charge in [-0.2, -0.15) is 0 Å². The SMILES string of the molecule is CCC(=O)N1CCCC1C1CCCN1C(C)c1cccnc1. The molecule has 2 aliphatic heterocycles. The second kappa shape index (κ2) is 6.78. The van der Waals surface area contributed by atoms with Crippen molar-refractivity contribution in [3.63, 3.8) is 0 Å². The zero-order valence-corrected chi connectivity index (χ0v) is 13.7. The summed E-state index contributed by atoms with van der Waals surface area (Å²) in [5.74, 6) is 0.323. The molecule has 22 heavy (non-hydrogen) atoms. The van der Waals surface area contributed by atoms with E-state index in [0.717, 1.165) is 25.9 Å². The molecule has 1 aromatic heterocycles. The lowest BCUT2D eigenvalue weighted by Gasteiger charge is -2.38. The molecule has 0 N–H and O–H groups in total. The van der Waals surface area contributed by atoms with Crippen LogP contribution < -0.4 is 0 Å². The van der Waals surface area contributed by atoms with Crippen LogP contribution in [0.1, 0.15) is 57.6 Å². The third-order valence-electron chi connectivity index (χ3n) is 5.37. The van der Waals surface area contributed by atoms with Crippen molar-refractivity contribution in [2.75, 3.05) is 13.1 Å². The number of carbonyl (C=O) groups excluding carboxylic acids is 1. The molecule has 3 rings (SSSR count). The predicted molar refractivity (Wildman–Crippen MR) is 87.4 cm³/mol. The van der Waals surface area contributed by atoms with E-state index in [9.17, 15) is 4.79 Å². The van der Waals surface area contributed by atoms with Gasteiger partial charge in [0.1, 0.15) is 0 Å². The Morgan fingerprint density at radius 1 is 1.32 bits per heavy atom. The van der Waals surface area contributed by atoms with Gasteiger partial charge in [0.2, 0.25) is 5.91 Å². The van der Waals surface area contributed by atoms with Gasteiger partial charge in [0.25, 0.3) is 0 Å². The number of pyridine rings is 1. The monoisotopic (exact) mass is 301 g/mol. The Labute approximate surface area is 133 Å². The lowest BCUT2D eigenvalue weighted by Crippen LogP contribution is -2.48. The number of carbonyl (C=O) groups is 1. The first kappa shape index (κ1) is 15.5. The van der Waals surface area contributed by atoms with E-state index in [-0.39, 0.29) is 0 Å². The Hall–Kier alpha value is -1.42. The Bertz CT molecular complexity index is 504. The van der Waals surface area contributed by atoms with Crippen molar-refractivity contribution in [2.24, 2.45) is 0 Å². The fourth-order valence-corrected chi connectivity index (χ4v) is 4.23. The van der Waals surface area contributed by atoms with E-state index in [1.54, 1.807) is 0 Å². The first-order chi connectivity index (χ1) is 10.7. The van der Waals surface area contributed by atoms with Gasteiger partial charge in [0.05, 0.1) is 0 Å². The van der Waals surface area contributed by atoms with Crippen LogP contribution in [0.2, 0.25) is 0 Å². The van der Waals surface area contributed by atoms with E-state index in [0.29, 0.717) is 30.5 Å². The second-order valence-corrected chi connectivity index (χ2v) is 6.56. The molecule has 0 aromatic carbocycles. The summed E-state index contributed by atoms with van der Waals surface area (Å²) in [5.41, 5.74) is 1.28. The highest BCUT2D eigenvalue weighted by atomic mass is 16.2. The maximum Gasteiger partial charge on any atom is 0.222 e. The summed E-state index contributed by atoms with van der Waals surface area (Å²) in [5, 5.41) is 0. The van der Waals surface area contributed by atoms with Crippen molar-refractivity contribution >= 4 is 5.91 Å². The van der Waals surface area contributed by atoms with Crippen LogP contribution in [0, 0.1) is 0 Å². The third-order valence-corrected chi connectivity index (χ3v) is 5.37. The zero-order chi connectivity index (χ0) is 15.5. The molecule has 1 amide bonds. The Morgan fingerprint density at radius 3 is 2.82 bits per heavy atom. The minimum absolute atomic E-state index is 0.323. The number of aromatic nitrogens is 1. The molecule has 4 nitrogen and oxygen atoms in total. The van der Waals surface area contributed by atoms with E-state index in [1.807, 2.05) is 25.4 Å². The predicted octanol–water partition coefficient (Wildman–Crippen LogP) is 3.01. The Kier molecular flexibility index (Phi) is 4.77. The molecular weight excluding hydrogens is 274 g/mol. The van der Waals surface area contributed by atoms with Gasteiger partial charge in [-0.1, -0.05) is 13.0 Å². The summed E-state index contributed by atoms with van der Waals surface area (Å²) in [4.78, 5) is 21.2. The molecule has 0 spiro atoms. The molecule has 2 saturated heterocycles. The highest BCUT2D eigenvalue weighted by Crippen LogP contribution is 2.35. The summed E-state index contributed by atoms with van der Waals surface area (Å²) in [7, 11) is 0. The average molecular weight is 301 g/mol. The molecule has 0 saturated carbocycles. The van der Waals surface area contributed by atoms with Crippen molar-refractivity contribution in [3.05, 3.63) is 30.1 Å². The van der Waals surface area contributed by atoms with Crippen LogP contribution in [0.15, 0.2) is 24.5 Å². The Morgan fingerprint density at radius 2 is 2.09 bits per heavy atom. The smallest absolute Gasteiger partial charge is 0.222 e. The molecule has 3 heterocycles. The summed E-state index contributed by atoms with van der Waals surface area (Å²) >= 11 is 0. The second-order valence-electron chi connectivity index (χ2n) is 6.56. The van der Waals surface area contributed by atoms with Gasteiger partial charge in [0.15, 0.2) is 0 Å². The molecule has 3 unspecified atom stereocenters. The lowest BCUT2D eigenvalue weighted by atomic mass is 10.00. The van der Waals surface area contributed by atoms with Gasteiger partial charge in [-0.3, -0.25) is 14.7 Å². The largest absolute Gasteiger partial charge is 0.338 e. The number of rotatable bonds is 4. The minimum atomic E-state index is 0.323. The fraction of sp³-hybridized carbons (Fsp3) is 0.667. The average Bonchev–Trinajstić information content (AvgIpc) is 3.22. The van der Waals surface area contributed by atoms with E-state index in [1.165, 1.54) is 18.4 Å². The maximum atomic E-state index is 12.2. The van der Waals surface area contributed by atoms with Crippen molar-refractivity contribution in [1.29, 1.82) is 0 Å². The lowest BCUT2D eigenvalue weighted by molar-refractivity contribution is -0.132. The van der Waals surface area contributed by atoms with Crippen LogP contribution >= 0.6 is 0 Å². The molecule has 0 radical (unpaired) electrons. The molecule has 4 heteroatoms. The van der Waals surface area contributed by atoms with Crippen molar-refractivity contribution in [2.45, 2.75) is 64.1 Å². The molecule has 0 aliphatic carbocycles. The summed E-state index contributed by atoms with van der Waals surface area (Å²) in [6.45, 7) is 6.33. The molecule has 0 bridgehead atoms. The molecule has 2 aliphatic rings. The third kappa shape index (κ3) is 2.89. The quantitative estimate of drug-likeness (QED) is 0.858. The van der Waals surface area contributed by atoms with E-state index < -0.39 is 0 Å². The van der Waals surface area contributed by atoms with Gasteiger partial charge in [-0.05, 0) is 50.8 Å². The topological polar surface area (TPSA) is 36.4 Å². The number of hydrogen-bond donors (Lipinski definition) is 0. The van der Waals surface area contributed by atoms with E-state index >= 15 is 0 Å². The molecule has 120 valence electrons. The van der Waals surface area contributed by atoms with Gasteiger partial charge in [-0.15, -0.1) is 0 Å². The van der Waals surface area contributed by atoms with Crippen LogP contribution in [0.4, 0.5) is 0 Å². The zero-order valence-electron chi connectivity index (χ0n) is 13.7. The van der Waals surface area contributed by atoms with Crippen LogP contribution in [0.5, 0.6) is 0 Å². The number of hydrogen-bond acceptors (Lipinski definition) is 3. The standard InChI is InChI=1S/C18H27N3O/c1-3-18(22)21-12-6-9-17(21)16-8-5-11-20(16)14(2)15-7-4-10-19-13-15/h4,7,10,13-14,16-17H,3,5-6,8-9,11-12H2,1-2H3. The van der Waals surface area contributed by atoms with Crippen molar-refractivity contribution in [1.82, 2.24) is 14.8 Å². The first-order valence-electron chi connectivity index (χ1n) is 8.67. The summed E-state index contributed by atoms with van der Waals surface area (Å²) in [6, 6.07) is 5.47. The van der Waals surface area contributed by atoms with E-state index in [2.05, 4.69) is 27.8 Å². The maximum absolute atomic E-state index is 12.2. The number of amides is 1. The van der Waals surface area contributed by atoms with Gasteiger partial charge in [-0.25, -0.2) is 0 Å². The first-order valence-corrected chi connectivity index (χ1v) is 8.67. The highest BCUT2D eigenvalue weighted by molar-refractivity contribution is 5.76. The van der Waals surface area contributed by atoms with E-state index in [4.69, 9.17) is 0 Å². The van der Waals surface area contributed by atoms with Crippen molar-refractivity contribution < 1.29 is 4.79 Å². The number of likely N-dealkylation sites (tertiary alicyclic amines) is 2. The van der Waals surface area contributed by atoms with Crippen LogP contribution in [-0.2, 0) is 4.79 Å². The van der Waals surface area contributed by atoms with Crippen LogP contribution in [0.3, 0.4) is 0 Å².